The minimum absolute atomic E-state index is 0. The van der Waals surface area contributed by atoms with E-state index in [0.717, 1.165) is 0 Å². The van der Waals surface area contributed by atoms with Gasteiger partial charge in [0.2, 0.25) is 0 Å². The van der Waals surface area contributed by atoms with Crippen molar-refractivity contribution in [2.24, 2.45) is 7.05 Å². The quantitative estimate of drug-likeness (QED) is 0.504. The molecule has 2 heteroatoms. The molecule has 0 N–H and O–H groups in total. The van der Waals surface area contributed by atoms with Gasteiger partial charge in [-0.25, -0.2) is 4.57 Å². The molecule has 0 saturated carbocycles. The maximum absolute atomic E-state index is 2.23. The molecule has 1 rings (SSSR count). The average molecular weight is 169 g/mol. The van der Waals surface area contributed by atoms with E-state index in [2.05, 4.69) is 36.0 Å². The summed E-state index contributed by atoms with van der Waals surface area (Å²) in [6.07, 6.45) is 8.00. The number of aromatic nitrogens is 1. The fraction of sp³-hybridized carbons (Fsp3) is 0.500. The summed E-state index contributed by atoms with van der Waals surface area (Å²) in [6, 6.07) is 4.38. The van der Waals surface area contributed by atoms with E-state index in [4.69, 9.17) is 0 Å². The smallest absolute Gasteiger partial charge is 0.168 e. The lowest BCUT2D eigenvalue weighted by molar-refractivity contribution is -0.671. The molecule has 0 aliphatic rings. The molecule has 0 radical (unpaired) electrons. The first kappa shape index (κ1) is 11.1. The van der Waals surface area contributed by atoms with Crippen LogP contribution in [0.15, 0.2) is 24.5 Å². The Morgan fingerprint density at radius 1 is 1.25 bits per heavy atom. The normalized spacial score (nSPS) is 9.17. The van der Waals surface area contributed by atoms with Gasteiger partial charge in [-0.15, -0.1) is 0 Å². The largest absolute Gasteiger partial charge is 1.00 e. The van der Waals surface area contributed by atoms with E-state index < -0.39 is 0 Å². The molecule has 0 aromatic carbocycles. The van der Waals surface area contributed by atoms with E-state index in [1.165, 1.54) is 24.8 Å². The Labute approximate surface area is 73.4 Å². The number of unbranched alkanes of at least 4 members (excludes halogenated alkanes) is 1. The van der Waals surface area contributed by atoms with Gasteiger partial charge in [0.15, 0.2) is 12.4 Å². The maximum Gasteiger partial charge on any atom is 0.168 e. The molecule has 0 atom stereocenters. The van der Waals surface area contributed by atoms with Crippen molar-refractivity contribution in [3.63, 3.8) is 0 Å². The predicted molar refractivity (Wildman–Crippen MR) is 46.2 cm³/mol. The molecule has 1 heterocycles. The van der Waals surface area contributed by atoms with Crippen LogP contribution in [-0.2, 0) is 13.5 Å². The average Bonchev–Trinajstić information content (AvgIpc) is 2.04. The minimum Gasteiger partial charge on any atom is -1.00 e. The van der Waals surface area contributed by atoms with Crippen LogP contribution in [0.1, 0.15) is 25.3 Å². The number of pyridine rings is 1. The second kappa shape index (κ2) is 5.70. The third-order valence-electron chi connectivity index (χ3n) is 1.87. The highest BCUT2D eigenvalue weighted by molar-refractivity contribution is 5.06. The molecule has 68 valence electrons. The van der Waals surface area contributed by atoms with Crippen LogP contribution >= 0.6 is 0 Å². The second-order valence-electron chi connectivity index (χ2n) is 2.98. The van der Waals surface area contributed by atoms with E-state index in [1.54, 1.807) is 0 Å². The molecule has 0 bridgehead atoms. The summed E-state index contributed by atoms with van der Waals surface area (Å²) >= 11 is 0. The van der Waals surface area contributed by atoms with Gasteiger partial charge in [0.25, 0.3) is 0 Å². The number of nitrogens with zero attached hydrogens (tertiary/aromatic N) is 1. The first-order valence-corrected chi connectivity index (χ1v) is 4.27. The van der Waals surface area contributed by atoms with Gasteiger partial charge in [0, 0.05) is 12.1 Å². The summed E-state index contributed by atoms with van der Waals surface area (Å²) in [5.74, 6) is 0. The summed E-state index contributed by atoms with van der Waals surface area (Å²) < 4.78 is 2.06. The summed E-state index contributed by atoms with van der Waals surface area (Å²) in [6.45, 7) is 2.23. The van der Waals surface area contributed by atoms with Gasteiger partial charge in [-0.1, -0.05) is 13.3 Å². The van der Waals surface area contributed by atoms with Crippen LogP contribution in [0, 0.1) is 0 Å². The van der Waals surface area contributed by atoms with Gasteiger partial charge in [-0.2, -0.15) is 0 Å². The van der Waals surface area contributed by atoms with Crippen LogP contribution in [0.3, 0.4) is 0 Å². The van der Waals surface area contributed by atoms with Crippen LogP contribution in [0.4, 0.5) is 0 Å². The van der Waals surface area contributed by atoms with E-state index >= 15 is 0 Å². The predicted octanol–water partition coefficient (Wildman–Crippen LogP) is -1.14. The van der Waals surface area contributed by atoms with Gasteiger partial charge in [0.05, 0.1) is 0 Å². The highest BCUT2D eigenvalue weighted by Crippen LogP contribution is 2.01. The van der Waals surface area contributed by atoms with Crippen molar-refractivity contribution in [3.05, 3.63) is 30.1 Å². The maximum atomic E-state index is 2.23. The summed E-state index contributed by atoms with van der Waals surface area (Å²) in [7, 11) is 2.05. The number of halogens is 1. The molecule has 1 aromatic heterocycles. The Morgan fingerprint density at radius 3 is 2.33 bits per heavy atom. The number of hydrogen-bond acceptors (Lipinski definition) is 0. The van der Waals surface area contributed by atoms with Gasteiger partial charge < -0.3 is 4.70 Å². The lowest BCUT2D eigenvalue weighted by Crippen LogP contribution is -3.00. The molecule has 0 amide bonds. The third kappa shape index (κ3) is 3.46. The van der Waals surface area contributed by atoms with E-state index in [-0.39, 0.29) is 4.70 Å². The summed E-state index contributed by atoms with van der Waals surface area (Å²) in [5.41, 5.74) is 1.45. The van der Waals surface area contributed by atoms with Crippen molar-refractivity contribution < 1.29 is 9.27 Å². The summed E-state index contributed by atoms with van der Waals surface area (Å²) in [4.78, 5) is 0. The highest BCUT2D eigenvalue weighted by Gasteiger charge is 1.93. The van der Waals surface area contributed by atoms with Crippen LogP contribution in [0.2, 0.25) is 0 Å². The van der Waals surface area contributed by atoms with Crippen molar-refractivity contribution >= 4 is 0 Å². The molecule has 1 aromatic rings. The Morgan fingerprint density at radius 2 is 1.83 bits per heavy atom. The van der Waals surface area contributed by atoms with Gasteiger partial charge in [0.1, 0.15) is 7.05 Å². The SMILES string of the molecule is CCCCc1cc[n+](C)cc1.[F-]. The first-order chi connectivity index (χ1) is 5.33. The molecule has 12 heavy (non-hydrogen) atoms. The Bertz CT molecular complexity index is 206. The van der Waals surface area contributed by atoms with Crippen molar-refractivity contribution in [3.8, 4) is 0 Å². The fourth-order valence-corrected chi connectivity index (χ4v) is 1.08. The Hall–Kier alpha value is -0.920. The van der Waals surface area contributed by atoms with Crippen molar-refractivity contribution in [1.29, 1.82) is 0 Å². The molecular weight excluding hydrogens is 153 g/mol. The van der Waals surface area contributed by atoms with Crippen LogP contribution in [-0.4, -0.2) is 0 Å². The standard InChI is InChI=1S/C10H16N.FH/c1-3-4-5-10-6-8-11(2)9-7-10;/h6-9H,3-5H2,1-2H3;1H/q+1;/p-1. The molecule has 0 saturated heterocycles. The zero-order valence-corrected chi connectivity index (χ0v) is 7.76. The lowest BCUT2D eigenvalue weighted by atomic mass is 10.1. The molecule has 0 spiro atoms. The van der Waals surface area contributed by atoms with Crippen molar-refractivity contribution in [2.45, 2.75) is 26.2 Å². The fourth-order valence-electron chi connectivity index (χ4n) is 1.08. The molecule has 0 aliphatic carbocycles. The zero-order chi connectivity index (χ0) is 8.10. The first-order valence-electron chi connectivity index (χ1n) is 4.27. The van der Waals surface area contributed by atoms with Crippen LogP contribution < -0.4 is 9.27 Å². The molecule has 0 aliphatic heterocycles. The minimum atomic E-state index is 0. The topological polar surface area (TPSA) is 3.88 Å². The van der Waals surface area contributed by atoms with E-state index in [1.807, 2.05) is 7.05 Å². The third-order valence-corrected chi connectivity index (χ3v) is 1.87. The van der Waals surface area contributed by atoms with E-state index in [9.17, 15) is 0 Å². The Balaban J connectivity index is 0.00000121. The molecule has 0 fully saturated rings. The molecular formula is C10H16FN. The number of hydrogen-bond donors (Lipinski definition) is 0. The number of aryl methyl sites for hydroxylation is 2. The highest BCUT2D eigenvalue weighted by atomic mass is 19.0. The van der Waals surface area contributed by atoms with Gasteiger partial charge in [-0.05, 0) is 18.4 Å². The van der Waals surface area contributed by atoms with E-state index in [0.29, 0.717) is 0 Å². The second-order valence-corrected chi connectivity index (χ2v) is 2.98. The van der Waals surface area contributed by atoms with Crippen LogP contribution in [0.5, 0.6) is 0 Å². The van der Waals surface area contributed by atoms with Gasteiger partial charge in [-0.3, -0.25) is 0 Å². The van der Waals surface area contributed by atoms with Crippen molar-refractivity contribution in [1.82, 2.24) is 0 Å². The van der Waals surface area contributed by atoms with Crippen molar-refractivity contribution in [2.75, 3.05) is 0 Å². The molecule has 0 unspecified atom stereocenters. The zero-order valence-electron chi connectivity index (χ0n) is 7.76. The van der Waals surface area contributed by atoms with Crippen LogP contribution in [0.25, 0.3) is 0 Å². The molecule has 1 nitrogen and oxygen atoms in total. The lowest BCUT2D eigenvalue weighted by Gasteiger charge is -1.96. The monoisotopic (exact) mass is 169 g/mol. The van der Waals surface area contributed by atoms with Gasteiger partial charge >= 0.3 is 0 Å². The summed E-state index contributed by atoms with van der Waals surface area (Å²) in [5, 5.41) is 0. The number of rotatable bonds is 3. The Kier molecular flexibility index (Phi) is 5.26.